The van der Waals surface area contributed by atoms with Crippen molar-refractivity contribution in [2.24, 2.45) is 0 Å². The molecule has 0 aliphatic heterocycles. The molecule has 0 aliphatic carbocycles. The van der Waals surface area contributed by atoms with E-state index >= 15 is 0 Å². The zero-order valence-corrected chi connectivity index (χ0v) is 13.7. The maximum absolute atomic E-state index is 5.20. The van der Waals surface area contributed by atoms with E-state index in [0.717, 1.165) is 12.3 Å². The third-order valence-corrected chi connectivity index (χ3v) is 4.17. The standard InChI is InChI=1S/C19H25NO/c1-13-10-15(3)18(11-14(13)2)12-20-16(4)17-6-8-19(21-5)9-7-17/h6-11,16,20H,12H2,1-5H3/t16-/m1/s1. The summed E-state index contributed by atoms with van der Waals surface area (Å²) in [6.07, 6.45) is 0. The Bertz CT molecular complexity index is 602. The van der Waals surface area contributed by atoms with Crippen molar-refractivity contribution in [2.75, 3.05) is 7.11 Å². The summed E-state index contributed by atoms with van der Waals surface area (Å²) in [5.41, 5.74) is 6.72. The highest BCUT2D eigenvalue weighted by atomic mass is 16.5. The van der Waals surface area contributed by atoms with Crippen LogP contribution in [0.1, 0.15) is 40.8 Å². The van der Waals surface area contributed by atoms with Gasteiger partial charge in [0.15, 0.2) is 0 Å². The van der Waals surface area contributed by atoms with Crippen molar-refractivity contribution >= 4 is 0 Å². The van der Waals surface area contributed by atoms with Crippen LogP contribution < -0.4 is 10.1 Å². The zero-order valence-electron chi connectivity index (χ0n) is 13.7. The van der Waals surface area contributed by atoms with Crippen LogP contribution in [-0.2, 0) is 6.54 Å². The van der Waals surface area contributed by atoms with Gasteiger partial charge in [0, 0.05) is 12.6 Å². The average molecular weight is 283 g/mol. The number of hydrogen-bond donors (Lipinski definition) is 1. The molecule has 0 amide bonds. The minimum atomic E-state index is 0.317. The molecule has 0 saturated heterocycles. The quantitative estimate of drug-likeness (QED) is 0.874. The molecule has 0 radical (unpaired) electrons. The van der Waals surface area contributed by atoms with Gasteiger partial charge >= 0.3 is 0 Å². The molecule has 0 heterocycles. The Hall–Kier alpha value is -1.80. The molecule has 0 aliphatic rings. The summed E-state index contributed by atoms with van der Waals surface area (Å²) in [7, 11) is 1.69. The van der Waals surface area contributed by atoms with Gasteiger partial charge in [-0.15, -0.1) is 0 Å². The number of nitrogens with one attached hydrogen (secondary N) is 1. The summed E-state index contributed by atoms with van der Waals surface area (Å²) in [5.74, 6) is 0.899. The second-order valence-corrected chi connectivity index (χ2v) is 5.74. The topological polar surface area (TPSA) is 21.3 Å². The number of methoxy groups -OCH3 is 1. The molecule has 2 heteroatoms. The van der Waals surface area contributed by atoms with Crippen molar-refractivity contribution in [2.45, 2.75) is 40.3 Å². The van der Waals surface area contributed by atoms with E-state index in [1.165, 1.54) is 27.8 Å². The van der Waals surface area contributed by atoms with E-state index < -0.39 is 0 Å². The van der Waals surface area contributed by atoms with Gasteiger partial charge in [-0.1, -0.05) is 24.3 Å². The van der Waals surface area contributed by atoms with Crippen LogP contribution in [0, 0.1) is 20.8 Å². The highest BCUT2D eigenvalue weighted by Crippen LogP contribution is 2.19. The van der Waals surface area contributed by atoms with Crippen LogP contribution in [0.3, 0.4) is 0 Å². The van der Waals surface area contributed by atoms with E-state index in [4.69, 9.17) is 4.74 Å². The highest BCUT2D eigenvalue weighted by molar-refractivity contribution is 5.36. The molecule has 0 saturated carbocycles. The Labute approximate surface area is 128 Å². The fraction of sp³-hybridized carbons (Fsp3) is 0.368. The van der Waals surface area contributed by atoms with Crippen LogP contribution in [0.15, 0.2) is 36.4 Å². The molecule has 0 aromatic heterocycles. The molecule has 0 fully saturated rings. The van der Waals surface area contributed by atoms with Gasteiger partial charge in [0.25, 0.3) is 0 Å². The fourth-order valence-electron chi connectivity index (χ4n) is 2.48. The molecule has 2 aromatic carbocycles. The summed E-state index contributed by atoms with van der Waals surface area (Å²) < 4.78 is 5.20. The van der Waals surface area contributed by atoms with Crippen LogP contribution in [0.5, 0.6) is 5.75 Å². The molecule has 0 unspecified atom stereocenters. The Kier molecular flexibility index (Phi) is 5.03. The van der Waals surface area contributed by atoms with E-state index in [2.05, 4.69) is 57.3 Å². The predicted molar refractivity (Wildman–Crippen MR) is 88.9 cm³/mol. The molecule has 21 heavy (non-hydrogen) atoms. The lowest BCUT2D eigenvalue weighted by molar-refractivity contribution is 0.414. The SMILES string of the molecule is COc1ccc([C@@H](C)NCc2cc(C)c(C)cc2C)cc1. The van der Waals surface area contributed by atoms with Crippen molar-refractivity contribution in [3.05, 3.63) is 64.2 Å². The summed E-state index contributed by atoms with van der Waals surface area (Å²) in [6.45, 7) is 9.60. The highest BCUT2D eigenvalue weighted by Gasteiger charge is 2.07. The largest absolute Gasteiger partial charge is 0.497 e. The van der Waals surface area contributed by atoms with Crippen molar-refractivity contribution in [1.29, 1.82) is 0 Å². The molecule has 2 rings (SSSR count). The van der Waals surface area contributed by atoms with Gasteiger partial charge in [-0.05, 0) is 67.6 Å². The van der Waals surface area contributed by atoms with Gasteiger partial charge in [0.2, 0.25) is 0 Å². The van der Waals surface area contributed by atoms with Crippen LogP contribution in [0.4, 0.5) is 0 Å². The molecular weight excluding hydrogens is 258 g/mol. The summed E-state index contributed by atoms with van der Waals surface area (Å²) in [6, 6.07) is 13.1. The van der Waals surface area contributed by atoms with E-state index in [-0.39, 0.29) is 0 Å². The smallest absolute Gasteiger partial charge is 0.118 e. The Balaban J connectivity index is 2.03. The molecular formula is C19H25NO. The minimum absolute atomic E-state index is 0.317. The first-order valence-corrected chi connectivity index (χ1v) is 7.45. The van der Waals surface area contributed by atoms with E-state index in [0.29, 0.717) is 6.04 Å². The average Bonchev–Trinajstić information content (AvgIpc) is 2.49. The number of aryl methyl sites for hydroxylation is 3. The maximum Gasteiger partial charge on any atom is 0.118 e. The molecule has 1 atom stereocenters. The summed E-state index contributed by atoms with van der Waals surface area (Å²) in [4.78, 5) is 0. The first kappa shape index (κ1) is 15.6. The monoisotopic (exact) mass is 283 g/mol. The third kappa shape index (κ3) is 3.85. The second-order valence-electron chi connectivity index (χ2n) is 5.74. The zero-order chi connectivity index (χ0) is 15.4. The first-order valence-electron chi connectivity index (χ1n) is 7.45. The van der Waals surface area contributed by atoms with Crippen molar-refractivity contribution in [1.82, 2.24) is 5.32 Å². The van der Waals surface area contributed by atoms with Crippen LogP contribution in [0.25, 0.3) is 0 Å². The number of hydrogen-bond acceptors (Lipinski definition) is 2. The van der Waals surface area contributed by atoms with Crippen molar-refractivity contribution in [3.8, 4) is 5.75 Å². The Morgan fingerprint density at radius 3 is 2.19 bits per heavy atom. The minimum Gasteiger partial charge on any atom is -0.497 e. The lowest BCUT2D eigenvalue weighted by Crippen LogP contribution is -2.18. The van der Waals surface area contributed by atoms with Crippen LogP contribution in [0.2, 0.25) is 0 Å². The lowest BCUT2D eigenvalue weighted by Gasteiger charge is -2.17. The van der Waals surface area contributed by atoms with Crippen LogP contribution >= 0.6 is 0 Å². The number of ether oxygens (including phenoxy) is 1. The van der Waals surface area contributed by atoms with Gasteiger partial charge in [-0.25, -0.2) is 0 Å². The fourth-order valence-corrected chi connectivity index (χ4v) is 2.48. The van der Waals surface area contributed by atoms with Crippen LogP contribution in [-0.4, -0.2) is 7.11 Å². The molecule has 2 aromatic rings. The number of rotatable bonds is 5. The van der Waals surface area contributed by atoms with Gasteiger partial charge in [0.1, 0.15) is 5.75 Å². The molecule has 0 spiro atoms. The molecule has 112 valence electrons. The lowest BCUT2D eigenvalue weighted by atomic mass is 10.0. The maximum atomic E-state index is 5.20. The van der Waals surface area contributed by atoms with Gasteiger partial charge in [-0.2, -0.15) is 0 Å². The van der Waals surface area contributed by atoms with E-state index in [1.807, 2.05) is 12.1 Å². The first-order chi connectivity index (χ1) is 10.0. The third-order valence-electron chi connectivity index (χ3n) is 4.17. The predicted octanol–water partition coefficient (Wildman–Crippen LogP) is 4.47. The van der Waals surface area contributed by atoms with Gasteiger partial charge in [-0.3, -0.25) is 0 Å². The summed E-state index contributed by atoms with van der Waals surface area (Å²) >= 11 is 0. The second kappa shape index (κ2) is 6.77. The normalized spacial score (nSPS) is 12.2. The van der Waals surface area contributed by atoms with Gasteiger partial charge < -0.3 is 10.1 Å². The Morgan fingerprint density at radius 2 is 1.57 bits per heavy atom. The molecule has 0 bridgehead atoms. The van der Waals surface area contributed by atoms with Crippen molar-refractivity contribution < 1.29 is 4.74 Å². The van der Waals surface area contributed by atoms with E-state index in [1.54, 1.807) is 7.11 Å². The van der Waals surface area contributed by atoms with Gasteiger partial charge in [0.05, 0.1) is 7.11 Å². The van der Waals surface area contributed by atoms with E-state index in [9.17, 15) is 0 Å². The van der Waals surface area contributed by atoms with Crippen molar-refractivity contribution in [3.63, 3.8) is 0 Å². The number of benzene rings is 2. The molecule has 2 nitrogen and oxygen atoms in total. The Morgan fingerprint density at radius 1 is 0.952 bits per heavy atom. The summed E-state index contributed by atoms with van der Waals surface area (Å²) in [5, 5.41) is 3.60. The molecule has 1 N–H and O–H groups in total.